The summed E-state index contributed by atoms with van der Waals surface area (Å²) >= 11 is 5.93. The van der Waals surface area contributed by atoms with E-state index in [0.717, 1.165) is 27.9 Å². The summed E-state index contributed by atoms with van der Waals surface area (Å²) in [5.74, 6) is 0. The van der Waals surface area contributed by atoms with Gasteiger partial charge in [-0.1, -0.05) is 41.9 Å². The molecule has 0 aliphatic carbocycles. The van der Waals surface area contributed by atoms with Crippen LogP contribution in [-0.2, 0) is 16.6 Å². The van der Waals surface area contributed by atoms with Crippen LogP contribution in [0.4, 0.5) is 0 Å². The fourth-order valence-electron chi connectivity index (χ4n) is 2.96. The molecule has 0 fully saturated rings. The summed E-state index contributed by atoms with van der Waals surface area (Å²) in [5.41, 5.74) is 4.15. The fourth-order valence-corrected chi connectivity index (χ4v) is 4.15. The number of sulfonamides is 1. The van der Waals surface area contributed by atoms with E-state index in [9.17, 15) is 8.42 Å². The molecule has 0 spiro atoms. The second-order valence-electron chi connectivity index (χ2n) is 6.65. The Morgan fingerprint density at radius 2 is 1.63 bits per heavy atom. The van der Waals surface area contributed by atoms with Gasteiger partial charge in [-0.15, -0.1) is 0 Å². The van der Waals surface area contributed by atoms with Crippen molar-refractivity contribution in [1.29, 1.82) is 0 Å². The minimum Gasteiger partial charge on any atom is -0.264 e. The molecule has 0 aliphatic rings. The topological polar surface area (TPSA) is 72.0 Å². The van der Waals surface area contributed by atoms with Crippen molar-refractivity contribution >= 4 is 21.6 Å². The van der Waals surface area contributed by atoms with Crippen LogP contribution in [0.5, 0.6) is 0 Å². The maximum atomic E-state index is 12.8. The van der Waals surface area contributed by atoms with Crippen molar-refractivity contribution in [2.24, 2.45) is 0 Å². The van der Waals surface area contributed by atoms with E-state index in [2.05, 4.69) is 14.7 Å². The second kappa shape index (κ2) is 8.75. The van der Waals surface area contributed by atoms with Gasteiger partial charge in [0.25, 0.3) is 0 Å². The summed E-state index contributed by atoms with van der Waals surface area (Å²) in [4.78, 5) is 8.68. The van der Waals surface area contributed by atoms with Gasteiger partial charge in [-0.2, -0.15) is 0 Å². The lowest BCUT2D eigenvalue weighted by Gasteiger charge is -2.09. The highest BCUT2D eigenvalue weighted by atomic mass is 35.5. The largest absolute Gasteiger partial charge is 0.264 e. The van der Waals surface area contributed by atoms with Gasteiger partial charge in [0.05, 0.1) is 10.6 Å². The third-order valence-electron chi connectivity index (χ3n) is 4.57. The number of nitrogens with one attached hydrogen (secondary N) is 1. The van der Waals surface area contributed by atoms with E-state index >= 15 is 0 Å². The first kappa shape index (κ1) is 20.2. The number of hydrogen-bond acceptors (Lipinski definition) is 4. The van der Waals surface area contributed by atoms with Gasteiger partial charge in [0.2, 0.25) is 10.0 Å². The molecule has 0 unspecified atom stereocenters. The maximum absolute atomic E-state index is 12.8. The monoisotopic (exact) mass is 435 g/mol. The molecule has 1 N–H and O–H groups in total. The lowest BCUT2D eigenvalue weighted by Crippen LogP contribution is -2.23. The quantitative estimate of drug-likeness (QED) is 0.465. The summed E-state index contributed by atoms with van der Waals surface area (Å²) < 4.78 is 28.2. The van der Waals surface area contributed by atoms with Gasteiger partial charge in [-0.05, 0) is 59.2 Å². The maximum Gasteiger partial charge on any atom is 0.240 e. The Bertz CT molecular complexity index is 1240. The van der Waals surface area contributed by atoms with E-state index in [1.54, 1.807) is 48.9 Å². The first-order valence-corrected chi connectivity index (χ1v) is 11.1. The highest BCUT2D eigenvalue weighted by Crippen LogP contribution is 2.24. The molecule has 0 saturated carbocycles. The molecule has 0 saturated heterocycles. The zero-order chi connectivity index (χ0) is 21.0. The van der Waals surface area contributed by atoms with E-state index < -0.39 is 10.0 Å². The zero-order valence-electron chi connectivity index (χ0n) is 15.9. The van der Waals surface area contributed by atoms with Crippen LogP contribution in [0.2, 0.25) is 5.02 Å². The third-order valence-corrected chi connectivity index (χ3v) is 6.22. The van der Waals surface area contributed by atoms with Crippen LogP contribution in [0, 0.1) is 0 Å². The standard InChI is InChI=1S/C23H18ClN3O2S/c24-21-9-7-18(8-10-21)19-3-1-5-22(13-19)30(28,29)27-15-17-6-11-23(26-14-17)20-4-2-12-25-16-20/h1-14,16,27H,15H2. The van der Waals surface area contributed by atoms with Crippen molar-refractivity contribution in [3.8, 4) is 22.4 Å². The molecular weight excluding hydrogens is 418 g/mol. The Balaban J connectivity index is 1.48. The minimum atomic E-state index is -3.67. The number of pyridine rings is 2. The van der Waals surface area contributed by atoms with Gasteiger partial charge in [0.15, 0.2) is 0 Å². The molecule has 0 aliphatic heterocycles. The number of nitrogens with zero attached hydrogens (tertiary/aromatic N) is 2. The van der Waals surface area contributed by atoms with Crippen molar-refractivity contribution in [1.82, 2.24) is 14.7 Å². The van der Waals surface area contributed by atoms with Crippen molar-refractivity contribution in [3.05, 3.63) is 102 Å². The molecule has 0 amide bonds. The number of rotatable bonds is 6. The van der Waals surface area contributed by atoms with Crippen LogP contribution in [0.25, 0.3) is 22.4 Å². The predicted octanol–water partition coefficient (Wildman–Crippen LogP) is 4.94. The van der Waals surface area contributed by atoms with Gasteiger partial charge >= 0.3 is 0 Å². The number of hydrogen-bond donors (Lipinski definition) is 1. The molecule has 2 heterocycles. The van der Waals surface area contributed by atoms with Gasteiger partial charge in [-0.3, -0.25) is 9.97 Å². The Hall–Kier alpha value is -3.06. The van der Waals surface area contributed by atoms with E-state index in [1.165, 1.54) is 0 Å². The smallest absolute Gasteiger partial charge is 0.240 e. The molecule has 30 heavy (non-hydrogen) atoms. The number of aromatic nitrogens is 2. The van der Waals surface area contributed by atoms with Crippen LogP contribution in [0.15, 0.2) is 96.3 Å². The average Bonchev–Trinajstić information content (AvgIpc) is 2.79. The predicted molar refractivity (Wildman–Crippen MR) is 118 cm³/mol. The Labute approximate surface area is 180 Å². The van der Waals surface area contributed by atoms with Gasteiger partial charge in [0, 0.05) is 35.7 Å². The Kier molecular flexibility index (Phi) is 5.90. The summed E-state index contributed by atoms with van der Waals surface area (Å²) in [6.45, 7) is 0.147. The Morgan fingerprint density at radius 1 is 0.833 bits per heavy atom. The molecule has 7 heteroatoms. The lowest BCUT2D eigenvalue weighted by molar-refractivity contribution is 0.581. The minimum absolute atomic E-state index is 0.147. The molecular formula is C23H18ClN3O2S. The number of halogens is 1. The lowest BCUT2D eigenvalue weighted by atomic mass is 10.1. The summed E-state index contributed by atoms with van der Waals surface area (Å²) in [7, 11) is -3.67. The Morgan fingerprint density at radius 3 is 2.33 bits per heavy atom. The fraction of sp³-hybridized carbons (Fsp3) is 0.0435. The summed E-state index contributed by atoms with van der Waals surface area (Å²) in [6.07, 6.45) is 5.10. The van der Waals surface area contributed by atoms with Crippen LogP contribution < -0.4 is 4.72 Å². The first-order valence-electron chi connectivity index (χ1n) is 9.22. The normalized spacial score (nSPS) is 11.4. The highest BCUT2D eigenvalue weighted by molar-refractivity contribution is 7.89. The van der Waals surface area contributed by atoms with Crippen LogP contribution >= 0.6 is 11.6 Å². The van der Waals surface area contributed by atoms with E-state index in [0.29, 0.717) is 5.02 Å². The number of benzene rings is 2. The van der Waals surface area contributed by atoms with Crippen molar-refractivity contribution in [2.75, 3.05) is 0 Å². The van der Waals surface area contributed by atoms with E-state index in [-0.39, 0.29) is 11.4 Å². The molecule has 4 aromatic rings. The molecule has 0 radical (unpaired) electrons. The van der Waals surface area contributed by atoms with Crippen LogP contribution in [-0.4, -0.2) is 18.4 Å². The molecule has 150 valence electrons. The summed E-state index contributed by atoms with van der Waals surface area (Å²) in [6, 6.07) is 21.5. The molecule has 4 rings (SSSR count). The second-order valence-corrected chi connectivity index (χ2v) is 8.86. The average molecular weight is 436 g/mol. The van der Waals surface area contributed by atoms with Crippen LogP contribution in [0.3, 0.4) is 0 Å². The molecule has 2 aromatic carbocycles. The third kappa shape index (κ3) is 4.74. The van der Waals surface area contributed by atoms with Crippen molar-refractivity contribution < 1.29 is 8.42 Å². The van der Waals surface area contributed by atoms with Gasteiger partial charge < -0.3 is 0 Å². The molecule has 0 atom stereocenters. The van der Waals surface area contributed by atoms with Crippen LogP contribution in [0.1, 0.15) is 5.56 Å². The van der Waals surface area contributed by atoms with E-state index in [4.69, 9.17) is 11.6 Å². The molecule has 0 bridgehead atoms. The first-order chi connectivity index (χ1) is 14.5. The zero-order valence-corrected chi connectivity index (χ0v) is 17.4. The van der Waals surface area contributed by atoms with Crippen molar-refractivity contribution in [3.63, 3.8) is 0 Å². The van der Waals surface area contributed by atoms with Crippen molar-refractivity contribution in [2.45, 2.75) is 11.4 Å². The summed E-state index contributed by atoms with van der Waals surface area (Å²) in [5, 5.41) is 0.632. The van der Waals surface area contributed by atoms with Gasteiger partial charge in [-0.25, -0.2) is 13.1 Å². The molecule has 5 nitrogen and oxygen atoms in total. The van der Waals surface area contributed by atoms with E-state index in [1.807, 2.05) is 42.5 Å². The SMILES string of the molecule is O=S(=O)(NCc1ccc(-c2cccnc2)nc1)c1cccc(-c2ccc(Cl)cc2)c1. The van der Waals surface area contributed by atoms with Gasteiger partial charge in [0.1, 0.15) is 0 Å². The highest BCUT2D eigenvalue weighted by Gasteiger charge is 2.15. The molecule has 2 aromatic heterocycles.